The predicted molar refractivity (Wildman–Crippen MR) is 216 cm³/mol. The van der Waals surface area contributed by atoms with Crippen LogP contribution >= 0.6 is 0 Å². The van der Waals surface area contributed by atoms with Crippen molar-refractivity contribution in [2.24, 2.45) is 0 Å². The molecule has 1 aliphatic rings. The van der Waals surface area contributed by atoms with Crippen LogP contribution < -0.4 is 5.32 Å². The lowest BCUT2D eigenvalue weighted by Gasteiger charge is -2.40. The van der Waals surface area contributed by atoms with Gasteiger partial charge in [0.05, 0.1) is 25.4 Å². The largest absolute Gasteiger partial charge is 0.394 e. The van der Waals surface area contributed by atoms with Gasteiger partial charge in [-0.05, 0) is 44.9 Å². The summed E-state index contributed by atoms with van der Waals surface area (Å²) in [5, 5.41) is 53.3. The lowest BCUT2D eigenvalue weighted by Crippen LogP contribution is -2.60. The van der Waals surface area contributed by atoms with Crippen molar-refractivity contribution in [1.29, 1.82) is 0 Å². The van der Waals surface area contributed by atoms with Crippen molar-refractivity contribution in [3.05, 3.63) is 36.5 Å². The third-order valence-electron chi connectivity index (χ3n) is 10.2. The molecule has 7 unspecified atom stereocenters. The molecule has 1 amide bonds. The number of nitrogens with one attached hydrogen (secondary N) is 1. The highest BCUT2D eigenvalue weighted by atomic mass is 16.7. The summed E-state index contributed by atoms with van der Waals surface area (Å²) in [6.45, 7) is 3.49. The van der Waals surface area contributed by atoms with Crippen LogP contribution in [0, 0.1) is 0 Å². The van der Waals surface area contributed by atoms with E-state index in [1.54, 1.807) is 6.08 Å². The second kappa shape index (κ2) is 34.9. The third kappa shape index (κ3) is 26.0. The van der Waals surface area contributed by atoms with Crippen LogP contribution in [0.15, 0.2) is 36.5 Å². The molecule has 0 bridgehead atoms. The van der Waals surface area contributed by atoms with Crippen LogP contribution in [0.4, 0.5) is 0 Å². The summed E-state index contributed by atoms with van der Waals surface area (Å²) in [5.41, 5.74) is 0. The van der Waals surface area contributed by atoms with E-state index in [9.17, 15) is 30.3 Å². The highest BCUT2D eigenvalue weighted by Crippen LogP contribution is 2.22. The number of carbonyl (C=O) groups excluding carboxylic acids is 1. The van der Waals surface area contributed by atoms with Gasteiger partial charge in [-0.15, -0.1) is 0 Å². The summed E-state index contributed by atoms with van der Waals surface area (Å²) in [4.78, 5) is 12.4. The monoisotopic (exact) mass is 752 g/mol. The summed E-state index contributed by atoms with van der Waals surface area (Å²) >= 11 is 0. The zero-order valence-corrected chi connectivity index (χ0v) is 33.8. The first-order valence-electron chi connectivity index (χ1n) is 21.7. The fraction of sp³-hybridized carbons (Fsp3) is 0.841. The van der Waals surface area contributed by atoms with E-state index in [0.717, 1.165) is 32.1 Å². The lowest BCUT2D eigenvalue weighted by atomic mass is 9.99. The molecule has 0 radical (unpaired) electrons. The van der Waals surface area contributed by atoms with Crippen LogP contribution in [0.1, 0.15) is 181 Å². The van der Waals surface area contributed by atoms with Crippen LogP contribution in [-0.2, 0) is 14.3 Å². The molecule has 0 aromatic heterocycles. The first kappa shape index (κ1) is 49.4. The van der Waals surface area contributed by atoms with Crippen molar-refractivity contribution in [2.75, 3.05) is 13.2 Å². The summed E-state index contributed by atoms with van der Waals surface area (Å²) in [7, 11) is 0. The maximum Gasteiger partial charge on any atom is 0.220 e. The minimum atomic E-state index is -1.57. The number of hydrogen-bond donors (Lipinski definition) is 6. The molecule has 9 nitrogen and oxygen atoms in total. The van der Waals surface area contributed by atoms with E-state index in [2.05, 4.69) is 36.5 Å². The number of rotatable bonds is 35. The Morgan fingerprint density at radius 2 is 1.08 bits per heavy atom. The standard InChI is InChI=1S/C44H81NO8/c1-3-5-7-8-9-10-11-12-13-14-15-16-17-18-19-20-21-22-23-24-25-26-27-28-29-30-31-32-33-38(47)37(45-40(48)34-6-4-2)36-52-44-43(51)42(50)41(49)39(35-46)53-44/h24-25,28-29,32-33,37-39,41-44,46-47,49-51H,3-23,26-27,30-31,34-36H2,1-2H3,(H,45,48)/b25-24+,29-28+,33-32+. The first-order valence-corrected chi connectivity index (χ1v) is 21.7. The fourth-order valence-corrected chi connectivity index (χ4v) is 6.64. The normalized spacial score (nSPS) is 22.0. The van der Waals surface area contributed by atoms with E-state index >= 15 is 0 Å². The van der Waals surface area contributed by atoms with Gasteiger partial charge >= 0.3 is 0 Å². The number of aliphatic hydroxyl groups excluding tert-OH is 5. The SMILES string of the molecule is CCCCCCCCCCCCCCCCCCCC/C=C/CC/C=C/CC/C=C/C(O)C(COC1OC(CO)C(O)C(O)C1O)NC(=O)CCCC. The smallest absolute Gasteiger partial charge is 0.220 e. The molecule has 1 fully saturated rings. The quantitative estimate of drug-likeness (QED) is 0.0279. The molecule has 53 heavy (non-hydrogen) atoms. The number of allylic oxidation sites excluding steroid dienone is 5. The van der Waals surface area contributed by atoms with E-state index in [4.69, 9.17) is 9.47 Å². The fourth-order valence-electron chi connectivity index (χ4n) is 6.64. The molecular formula is C44H81NO8. The Labute approximate surface area is 323 Å². The minimum absolute atomic E-state index is 0.209. The summed E-state index contributed by atoms with van der Waals surface area (Å²) in [6.07, 6.45) is 36.3. The number of amides is 1. The Kier molecular flexibility index (Phi) is 32.5. The van der Waals surface area contributed by atoms with Crippen molar-refractivity contribution in [3.8, 4) is 0 Å². The van der Waals surface area contributed by atoms with Crippen molar-refractivity contribution in [3.63, 3.8) is 0 Å². The van der Waals surface area contributed by atoms with Gasteiger partial charge in [0.25, 0.3) is 0 Å². The molecule has 0 aromatic rings. The molecule has 1 heterocycles. The molecule has 1 saturated heterocycles. The van der Waals surface area contributed by atoms with Crippen LogP contribution in [0.2, 0.25) is 0 Å². The van der Waals surface area contributed by atoms with E-state index in [-0.39, 0.29) is 12.5 Å². The summed E-state index contributed by atoms with van der Waals surface area (Å²) in [6, 6.07) is -0.820. The molecule has 0 aliphatic carbocycles. The summed E-state index contributed by atoms with van der Waals surface area (Å²) in [5.74, 6) is -0.228. The number of unbranched alkanes of at least 4 members (excludes halogenated alkanes) is 21. The average molecular weight is 752 g/mol. The topological polar surface area (TPSA) is 149 Å². The molecule has 7 atom stereocenters. The minimum Gasteiger partial charge on any atom is -0.394 e. The molecule has 1 rings (SSSR count). The van der Waals surface area contributed by atoms with Gasteiger partial charge in [-0.1, -0.05) is 166 Å². The van der Waals surface area contributed by atoms with Gasteiger partial charge < -0.3 is 40.3 Å². The van der Waals surface area contributed by atoms with Crippen molar-refractivity contribution in [2.45, 2.75) is 224 Å². The summed E-state index contributed by atoms with van der Waals surface area (Å²) < 4.78 is 11.0. The second-order valence-corrected chi connectivity index (χ2v) is 15.1. The molecule has 310 valence electrons. The van der Waals surface area contributed by atoms with Gasteiger partial charge in [0, 0.05) is 6.42 Å². The Bertz CT molecular complexity index is 925. The Morgan fingerprint density at radius 3 is 1.57 bits per heavy atom. The Morgan fingerprint density at radius 1 is 0.623 bits per heavy atom. The number of carbonyl (C=O) groups is 1. The molecule has 1 aliphatic heterocycles. The Balaban J connectivity index is 2.12. The van der Waals surface area contributed by atoms with Crippen LogP contribution in [0.5, 0.6) is 0 Å². The van der Waals surface area contributed by atoms with Crippen LogP contribution in [0.25, 0.3) is 0 Å². The van der Waals surface area contributed by atoms with Gasteiger partial charge in [0.2, 0.25) is 5.91 Å². The molecular weight excluding hydrogens is 670 g/mol. The maximum atomic E-state index is 12.4. The van der Waals surface area contributed by atoms with Gasteiger partial charge in [-0.3, -0.25) is 4.79 Å². The van der Waals surface area contributed by atoms with E-state index in [1.807, 2.05) is 13.0 Å². The van der Waals surface area contributed by atoms with Gasteiger partial charge in [-0.2, -0.15) is 0 Å². The Hall–Kier alpha value is -1.59. The molecule has 0 saturated carbocycles. The van der Waals surface area contributed by atoms with Gasteiger partial charge in [-0.25, -0.2) is 0 Å². The average Bonchev–Trinajstić information content (AvgIpc) is 3.16. The molecule has 0 aromatic carbocycles. The third-order valence-corrected chi connectivity index (χ3v) is 10.2. The molecule has 9 heteroatoms. The number of hydrogen-bond acceptors (Lipinski definition) is 8. The van der Waals surface area contributed by atoms with Crippen molar-refractivity contribution in [1.82, 2.24) is 5.32 Å². The zero-order chi connectivity index (χ0) is 38.8. The first-order chi connectivity index (χ1) is 25.8. The zero-order valence-electron chi connectivity index (χ0n) is 33.8. The van der Waals surface area contributed by atoms with Crippen molar-refractivity contribution < 1.29 is 39.8 Å². The van der Waals surface area contributed by atoms with Gasteiger partial charge in [0.15, 0.2) is 6.29 Å². The maximum absolute atomic E-state index is 12.4. The molecule has 0 spiro atoms. The van der Waals surface area contributed by atoms with Crippen LogP contribution in [0.3, 0.4) is 0 Å². The van der Waals surface area contributed by atoms with Gasteiger partial charge in [0.1, 0.15) is 24.4 Å². The van der Waals surface area contributed by atoms with Crippen molar-refractivity contribution >= 4 is 5.91 Å². The highest BCUT2D eigenvalue weighted by Gasteiger charge is 2.44. The van der Waals surface area contributed by atoms with E-state index in [0.29, 0.717) is 12.8 Å². The predicted octanol–water partition coefficient (Wildman–Crippen LogP) is 8.50. The molecule has 6 N–H and O–H groups in total. The second-order valence-electron chi connectivity index (χ2n) is 15.1. The highest BCUT2D eigenvalue weighted by molar-refractivity contribution is 5.76. The number of ether oxygens (including phenoxy) is 2. The van der Waals surface area contributed by atoms with E-state index < -0.39 is 49.5 Å². The van der Waals surface area contributed by atoms with Crippen LogP contribution in [-0.4, -0.2) is 87.5 Å². The lowest BCUT2D eigenvalue weighted by molar-refractivity contribution is -0.302. The number of aliphatic hydroxyl groups is 5. The van der Waals surface area contributed by atoms with E-state index in [1.165, 1.54) is 122 Å².